The first kappa shape index (κ1) is 26.4. The van der Waals surface area contributed by atoms with Crippen LogP contribution >= 0.6 is 0 Å². The summed E-state index contributed by atoms with van der Waals surface area (Å²) in [5, 5.41) is 2.45. The van der Waals surface area contributed by atoms with Gasteiger partial charge in [-0.2, -0.15) is 0 Å². The predicted molar refractivity (Wildman–Crippen MR) is 133 cm³/mol. The van der Waals surface area contributed by atoms with Gasteiger partial charge in [-0.15, -0.1) is 0 Å². The molecule has 1 aromatic carbocycles. The van der Waals surface area contributed by atoms with Crippen LogP contribution < -0.4 is 5.32 Å². The van der Waals surface area contributed by atoms with Gasteiger partial charge in [-0.25, -0.2) is 0 Å². The molecule has 0 aliphatic carbocycles. The van der Waals surface area contributed by atoms with Crippen LogP contribution in [0.2, 0.25) is 0 Å². The van der Waals surface area contributed by atoms with Crippen molar-refractivity contribution in [1.82, 2.24) is 10.2 Å². The molecular formula is C28H42N2O4. The number of benzene rings is 1. The van der Waals surface area contributed by atoms with Crippen LogP contribution in [-0.2, 0) is 19.1 Å². The molecule has 2 heterocycles. The Bertz CT molecular complexity index is 867. The van der Waals surface area contributed by atoms with Crippen LogP contribution in [0.1, 0.15) is 96.6 Å². The molecule has 0 radical (unpaired) electrons. The molecule has 4 unspecified atom stereocenters. The smallest absolute Gasteiger partial charge is 0.309 e. The number of nitrogens with zero attached hydrogens (tertiary/aromatic N) is 1. The third kappa shape index (κ3) is 6.68. The van der Waals surface area contributed by atoms with E-state index in [9.17, 15) is 14.4 Å². The van der Waals surface area contributed by atoms with Crippen molar-refractivity contribution in [3.05, 3.63) is 35.4 Å². The molecule has 2 aliphatic rings. The van der Waals surface area contributed by atoms with Gasteiger partial charge in [-0.3, -0.25) is 24.6 Å². The molecule has 1 aromatic rings. The quantitative estimate of drug-likeness (QED) is 0.415. The second kappa shape index (κ2) is 11.0. The van der Waals surface area contributed by atoms with Gasteiger partial charge in [0, 0.05) is 31.5 Å². The molecule has 2 saturated heterocycles. The summed E-state index contributed by atoms with van der Waals surface area (Å²) in [7, 11) is 0. The molecule has 2 fully saturated rings. The zero-order chi connectivity index (χ0) is 25.0. The Hall–Kier alpha value is -2.21. The van der Waals surface area contributed by atoms with Gasteiger partial charge in [0.05, 0.1) is 11.8 Å². The van der Waals surface area contributed by atoms with E-state index in [1.54, 1.807) is 0 Å². The van der Waals surface area contributed by atoms with Crippen molar-refractivity contribution in [2.24, 2.45) is 11.8 Å². The van der Waals surface area contributed by atoms with E-state index in [2.05, 4.69) is 36.2 Å². The largest absolute Gasteiger partial charge is 0.460 e. The van der Waals surface area contributed by atoms with E-state index in [1.807, 2.05) is 39.8 Å². The van der Waals surface area contributed by atoms with Gasteiger partial charge in [0.15, 0.2) is 0 Å². The molecule has 1 N–H and O–H groups in total. The lowest BCUT2D eigenvalue weighted by molar-refractivity contribution is -0.161. The van der Waals surface area contributed by atoms with E-state index < -0.39 is 5.60 Å². The first-order valence-electron chi connectivity index (χ1n) is 12.9. The lowest BCUT2D eigenvalue weighted by atomic mass is 9.83. The monoisotopic (exact) mass is 470 g/mol. The highest BCUT2D eigenvalue weighted by molar-refractivity contribution is 6.00. The number of hydrogen-bond acceptors (Lipinski definition) is 5. The predicted octanol–water partition coefficient (Wildman–Crippen LogP) is 4.78. The van der Waals surface area contributed by atoms with Gasteiger partial charge >= 0.3 is 5.97 Å². The summed E-state index contributed by atoms with van der Waals surface area (Å²) < 4.78 is 5.61. The Labute approximate surface area is 204 Å². The maximum absolute atomic E-state index is 12.5. The Kier molecular flexibility index (Phi) is 8.56. The highest BCUT2D eigenvalue weighted by Gasteiger charge is 2.36. The normalized spacial score (nSPS) is 22.5. The Morgan fingerprint density at radius 1 is 1.12 bits per heavy atom. The lowest BCUT2D eigenvalue weighted by Gasteiger charge is -2.46. The number of carbonyl (C=O) groups is 3. The van der Waals surface area contributed by atoms with Crippen molar-refractivity contribution in [2.45, 2.75) is 97.1 Å². The van der Waals surface area contributed by atoms with Crippen molar-refractivity contribution in [3.63, 3.8) is 0 Å². The molecule has 188 valence electrons. The molecule has 2 amide bonds. The summed E-state index contributed by atoms with van der Waals surface area (Å²) >= 11 is 0. The Morgan fingerprint density at radius 3 is 2.29 bits per heavy atom. The average Bonchev–Trinajstić information content (AvgIpc) is 2.71. The van der Waals surface area contributed by atoms with E-state index in [1.165, 1.54) is 5.56 Å². The van der Waals surface area contributed by atoms with Gasteiger partial charge < -0.3 is 4.74 Å². The van der Waals surface area contributed by atoms with E-state index in [0.29, 0.717) is 24.8 Å². The number of amides is 2. The third-order valence-electron chi connectivity index (χ3n) is 7.37. The third-order valence-corrected chi connectivity index (χ3v) is 7.37. The number of nitrogens with one attached hydrogen (secondary N) is 1. The summed E-state index contributed by atoms with van der Waals surface area (Å²) in [4.78, 5) is 38.6. The number of piperidine rings is 1. The van der Waals surface area contributed by atoms with Crippen LogP contribution in [0.25, 0.3) is 0 Å². The summed E-state index contributed by atoms with van der Waals surface area (Å²) in [5.41, 5.74) is 1.84. The van der Waals surface area contributed by atoms with Crippen LogP contribution in [0.4, 0.5) is 0 Å². The Balaban J connectivity index is 1.54. The maximum atomic E-state index is 12.5. The summed E-state index contributed by atoms with van der Waals surface area (Å²) in [6.07, 6.45) is 4.24. The summed E-state index contributed by atoms with van der Waals surface area (Å²) in [6, 6.07) is 8.86. The summed E-state index contributed by atoms with van der Waals surface area (Å²) in [5.74, 6) is -0.0535. The lowest BCUT2D eigenvalue weighted by Crippen LogP contribution is -2.51. The molecule has 34 heavy (non-hydrogen) atoms. The van der Waals surface area contributed by atoms with E-state index in [-0.39, 0.29) is 35.5 Å². The topological polar surface area (TPSA) is 75.7 Å². The minimum Gasteiger partial charge on any atom is -0.460 e. The minimum absolute atomic E-state index is 0.104. The molecule has 0 saturated carbocycles. The van der Waals surface area contributed by atoms with E-state index in [0.717, 1.165) is 37.9 Å². The molecule has 6 nitrogen and oxygen atoms in total. The number of ether oxygens (including phenoxy) is 1. The van der Waals surface area contributed by atoms with Gasteiger partial charge in [-0.05, 0) is 57.1 Å². The van der Waals surface area contributed by atoms with E-state index in [4.69, 9.17) is 4.74 Å². The van der Waals surface area contributed by atoms with Gasteiger partial charge in [0.1, 0.15) is 5.60 Å². The van der Waals surface area contributed by atoms with E-state index >= 15 is 0 Å². The molecule has 3 rings (SSSR count). The maximum Gasteiger partial charge on any atom is 0.309 e. The van der Waals surface area contributed by atoms with Crippen molar-refractivity contribution in [2.75, 3.05) is 13.1 Å². The first-order chi connectivity index (χ1) is 16.0. The van der Waals surface area contributed by atoms with Crippen molar-refractivity contribution < 1.29 is 19.1 Å². The summed E-state index contributed by atoms with van der Waals surface area (Å²) in [6.45, 7) is 14.2. The van der Waals surface area contributed by atoms with Crippen LogP contribution in [0.5, 0.6) is 0 Å². The highest BCUT2D eigenvalue weighted by atomic mass is 16.6. The highest BCUT2D eigenvalue weighted by Crippen LogP contribution is 2.34. The van der Waals surface area contributed by atoms with Crippen molar-refractivity contribution in [3.8, 4) is 0 Å². The molecule has 0 aromatic heterocycles. The SMILES string of the molecule is CCCC(CC(C)C(C)C(=O)OC(C)(C)C)N1CC(c2ccc(C3CCC(=O)NC3=O)cc2)C1. The number of hydrogen-bond donors (Lipinski definition) is 1. The number of likely N-dealkylation sites (tertiary alicyclic amines) is 1. The molecule has 0 bridgehead atoms. The number of esters is 1. The number of carbonyl (C=O) groups excluding carboxylic acids is 3. The second-order valence-corrected chi connectivity index (χ2v) is 11.3. The average molecular weight is 471 g/mol. The Morgan fingerprint density at radius 2 is 1.74 bits per heavy atom. The fraction of sp³-hybridized carbons (Fsp3) is 0.679. The van der Waals surface area contributed by atoms with Crippen LogP contribution in [-0.4, -0.2) is 47.4 Å². The fourth-order valence-corrected chi connectivity index (χ4v) is 5.08. The fourth-order valence-electron chi connectivity index (χ4n) is 5.08. The van der Waals surface area contributed by atoms with Gasteiger partial charge in [0.25, 0.3) is 0 Å². The second-order valence-electron chi connectivity index (χ2n) is 11.3. The first-order valence-corrected chi connectivity index (χ1v) is 12.9. The molecular weight excluding hydrogens is 428 g/mol. The number of rotatable bonds is 9. The molecule has 2 aliphatic heterocycles. The van der Waals surface area contributed by atoms with Gasteiger partial charge in [0.2, 0.25) is 11.8 Å². The van der Waals surface area contributed by atoms with Crippen LogP contribution in [0.15, 0.2) is 24.3 Å². The number of imide groups is 1. The van der Waals surface area contributed by atoms with Crippen molar-refractivity contribution >= 4 is 17.8 Å². The van der Waals surface area contributed by atoms with Crippen molar-refractivity contribution in [1.29, 1.82) is 0 Å². The standard InChI is InChI=1S/C28H42N2O4/c1-7-8-23(15-18(2)19(3)27(33)34-28(4,5)6)30-16-22(17-30)20-9-11-21(12-10-20)24-13-14-25(31)29-26(24)32/h9-12,18-19,22-24H,7-8,13-17H2,1-6H3,(H,29,31,32). The zero-order valence-corrected chi connectivity index (χ0v) is 21.7. The molecule has 0 spiro atoms. The minimum atomic E-state index is -0.452. The zero-order valence-electron chi connectivity index (χ0n) is 21.7. The van der Waals surface area contributed by atoms with Crippen LogP contribution in [0, 0.1) is 11.8 Å². The molecule has 6 heteroatoms. The molecule has 4 atom stereocenters. The van der Waals surface area contributed by atoms with Crippen LogP contribution in [0.3, 0.4) is 0 Å². The van der Waals surface area contributed by atoms with Gasteiger partial charge in [-0.1, -0.05) is 51.5 Å².